The molecule has 2 heterocycles. The molecule has 0 amide bonds. The van der Waals surface area contributed by atoms with Crippen molar-refractivity contribution in [2.24, 2.45) is 0 Å². The zero-order chi connectivity index (χ0) is 14.8. The summed E-state index contributed by atoms with van der Waals surface area (Å²) < 4.78 is 0. The molecule has 1 aromatic rings. The lowest BCUT2D eigenvalue weighted by Crippen LogP contribution is -2.50. The lowest BCUT2D eigenvalue weighted by Gasteiger charge is -2.38. The van der Waals surface area contributed by atoms with Crippen molar-refractivity contribution < 1.29 is 0 Å². The molecule has 0 radical (unpaired) electrons. The van der Waals surface area contributed by atoms with Gasteiger partial charge in [-0.3, -0.25) is 0 Å². The predicted molar refractivity (Wildman–Crippen MR) is 82.9 cm³/mol. The van der Waals surface area contributed by atoms with E-state index in [0.29, 0.717) is 6.04 Å². The molecule has 1 unspecified atom stereocenters. The highest BCUT2D eigenvalue weighted by molar-refractivity contribution is 5.39. The summed E-state index contributed by atoms with van der Waals surface area (Å²) in [6.45, 7) is 12.6. The number of nitrogens with zero attached hydrogens (tertiary/aromatic N) is 4. The second kappa shape index (κ2) is 6.06. The van der Waals surface area contributed by atoms with Gasteiger partial charge in [-0.2, -0.15) is 5.10 Å². The average Bonchev–Trinajstić information content (AvgIpc) is 2.36. The van der Waals surface area contributed by atoms with E-state index in [4.69, 9.17) is 0 Å². The van der Waals surface area contributed by atoms with Gasteiger partial charge in [-0.15, -0.1) is 5.10 Å². The topological polar surface area (TPSA) is 44.3 Å². The van der Waals surface area contributed by atoms with Gasteiger partial charge in [0.25, 0.3) is 0 Å². The van der Waals surface area contributed by atoms with Gasteiger partial charge < -0.3 is 15.1 Å². The molecule has 0 aromatic carbocycles. The van der Waals surface area contributed by atoms with E-state index in [2.05, 4.69) is 72.2 Å². The molecule has 2 rings (SSSR count). The van der Waals surface area contributed by atoms with Crippen LogP contribution in [-0.4, -0.2) is 53.4 Å². The average molecular weight is 277 g/mol. The van der Waals surface area contributed by atoms with Crippen LogP contribution in [0.3, 0.4) is 0 Å². The Morgan fingerprint density at radius 1 is 1.25 bits per heavy atom. The normalized spacial score (nSPS) is 21.2. The number of aromatic nitrogens is 2. The minimum absolute atomic E-state index is 0.103. The standard InChI is InChI=1S/C15H27N5/c1-12-11-19(5)8-9-20(12)14-7-6-13(17-18-14)10-16-15(2,3)4/h6-7,12,16H,8-11H2,1-5H3. The van der Waals surface area contributed by atoms with Crippen LogP contribution in [0, 0.1) is 0 Å². The lowest BCUT2D eigenvalue weighted by atomic mass is 10.1. The Kier molecular flexibility index (Phi) is 4.60. The number of rotatable bonds is 3. The number of piperazine rings is 1. The molecule has 1 aromatic heterocycles. The van der Waals surface area contributed by atoms with Crippen molar-refractivity contribution in [3.8, 4) is 0 Å². The van der Waals surface area contributed by atoms with Gasteiger partial charge in [-0.25, -0.2) is 0 Å². The molecule has 1 atom stereocenters. The summed E-state index contributed by atoms with van der Waals surface area (Å²) in [6.07, 6.45) is 0. The molecule has 20 heavy (non-hydrogen) atoms. The molecule has 0 spiro atoms. The van der Waals surface area contributed by atoms with E-state index < -0.39 is 0 Å². The Bertz CT molecular complexity index is 423. The van der Waals surface area contributed by atoms with Crippen LogP contribution >= 0.6 is 0 Å². The van der Waals surface area contributed by atoms with Crippen LogP contribution in [0.5, 0.6) is 0 Å². The van der Waals surface area contributed by atoms with E-state index >= 15 is 0 Å². The van der Waals surface area contributed by atoms with Crippen molar-refractivity contribution in [1.29, 1.82) is 0 Å². The van der Waals surface area contributed by atoms with Gasteiger partial charge >= 0.3 is 0 Å². The van der Waals surface area contributed by atoms with Gasteiger partial charge in [0, 0.05) is 37.8 Å². The highest BCUT2D eigenvalue weighted by atomic mass is 15.3. The van der Waals surface area contributed by atoms with E-state index in [1.54, 1.807) is 0 Å². The van der Waals surface area contributed by atoms with Crippen LogP contribution in [0.4, 0.5) is 5.82 Å². The fourth-order valence-electron chi connectivity index (χ4n) is 2.44. The first-order chi connectivity index (χ1) is 9.35. The second-order valence-corrected chi connectivity index (χ2v) is 6.79. The maximum Gasteiger partial charge on any atom is 0.151 e. The Morgan fingerprint density at radius 2 is 2.00 bits per heavy atom. The minimum atomic E-state index is 0.103. The molecule has 1 aliphatic heterocycles. The van der Waals surface area contributed by atoms with Crippen LogP contribution in [-0.2, 0) is 6.54 Å². The highest BCUT2D eigenvalue weighted by Crippen LogP contribution is 2.17. The highest BCUT2D eigenvalue weighted by Gasteiger charge is 2.22. The third-order valence-electron chi connectivity index (χ3n) is 3.63. The zero-order valence-electron chi connectivity index (χ0n) is 13.3. The van der Waals surface area contributed by atoms with Crippen LogP contribution in [0.25, 0.3) is 0 Å². The number of anilines is 1. The Hall–Kier alpha value is -1.20. The van der Waals surface area contributed by atoms with Crippen LogP contribution in [0.2, 0.25) is 0 Å². The van der Waals surface area contributed by atoms with E-state index in [1.165, 1.54) is 0 Å². The van der Waals surface area contributed by atoms with Crippen molar-refractivity contribution in [3.63, 3.8) is 0 Å². The molecule has 1 fully saturated rings. The van der Waals surface area contributed by atoms with Crippen molar-refractivity contribution >= 4 is 5.82 Å². The second-order valence-electron chi connectivity index (χ2n) is 6.79. The van der Waals surface area contributed by atoms with Crippen LogP contribution in [0.1, 0.15) is 33.4 Å². The summed E-state index contributed by atoms with van der Waals surface area (Å²) in [4.78, 5) is 4.70. The summed E-state index contributed by atoms with van der Waals surface area (Å²) in [5.41, 5.74) is 1.09. The first kappa shape index (κ1) is 15.2. The van der Waals surface area contributed by atoms with Crippen molar-refractivity contribution in [2.45, 2.75) is 45.8 Å². The maximum absolute atomic E-state index is 4.40. The largest absolute Gasteiger partial charge is 0.350 e. The summed E-state index contributed by atoms with van der Waals surface area (Å²) >= 11 is 0. The van der Waals surface area contributed by atoms with Crippen LogP contribution in [0.15, 0.2) is 12.1 Å². The lowest BCUT2D eigenvalue weighted by molar-refractivity contribution is 0.274. The summed E-state index contributed by atoms with van der Waals surface area (Å²) in [7, 11) is 2.17. The van der Waals surface area contributed by atoms with Gasteiger partial charge in [-0.05, 0) is 46.9 Å². The number of nitrogens with one attached hydrogen (secondary N) is 1. The monoisotopic (exact) mass is 277 g/mol. The molecular formula is C15H27N5. The predicted octanol–water partition coefficient (Wildman–Crippen LogP) is 1.50. The number of hydrogen-bond donors (Lipinski definition) is 1. The zero-order valence-corrected chi connectivity index (χ0v) is 13.3. The molecule has 5 heteroatoms. The third-order valence-corrected chi connectivity index (χ3v) is 3.63. The molecule has 0 saturated carbocycles. The first-order valence-electron chi connectivity index (χ1n) is 7.38. The smallest absolute Gasteiger partial charge is 0.151 e. The van der Waals surface area contributed by atoms with E-state index in [-0.39, 0.29) is 5.54 Å². The molecular weight excluding hydrogens is 250 g/mol. The molecule has 1 N–H and O–H groups in total. The Labute approximate surface area is 122 Å². The van der Waals surface area contributed by atoms with E-state index in [9.17, 15) is 0 Å². The van der Waals surface area contributed by atoms with Gasteiger partial charge in [0.05, 0.1) is 5.69 Å². The SMILES string of the molecule is CC1CN(C)CCN1c1ccc(CNC(C)(C)C)nn1. The number of likely N-dealkylation sites (N-methyl/N-ethyl adjacent to an activating group) is 1. The maximum atomic E-state index is 4.40. The summed E-state index contributed by atoms with van der Waals surface area (Å²) in [5, 5.41) is 12.2. The molecule has 1 aliphatic rings. The molecule has 5 nitrogen and oxygen atoms in total. The fraction of sp³-hybridized carbons (Fsp3) is 0.733. The summed E-state index contributed by atoms with van der Waals surface area (Å²) in [5.74, 6) is 0.991. The quantitative estimate of drug-likeness (QED) is 0.907. The Balaban J connectivity index is 1.97. The van der Waals surface area contributed by atoms with Crippen LogP contribution < -0.4 is 10.2 Å². The molecule has 112 valence electrons. The van der Waals surface area contributed by atoms with Gasteiger partial charge in [0.1, 0.15) is 0 Å². The van der Waals surface area contributed by atoms with E-state index in [0.717, 1.165) is 37.7 Å². The first-order valence-corrected chi connectivity index (χ1v) is 7.38. The van der Waals surface area contributed by atoms with Gasteiger partial charge in [-0.1, -0.05) is 0 Å². The van der Waals surface area contributed by atoms with Gasteiger partial charge in [0.15, 0.2) is 5.82 Å². The van der Waals surface area contributed by atoms with Crippen molar-refractivity contribution in [2.75, 3.05) is 31.6 Å². The van der Waals surface area contributed by atoms with Crippen molar-refractivity contribution in [3.05, 3.63) is 17.8 Å². The third kappa shape index (κ3) is 4.15. The summed E-state index contributed by atoms with van der Waals surface area (Å²) in [6, 6.07) is 4.65. The van der Waals surface area contributed by atoms with Crippen molar-refractivity contribution in [1.82, 2.24) is 20.4 Å². The van der Waals surface area contributed by atoms with Gasteiger partial charge in [0.2, 0.25) is 0 Å². The minimum Gasteiger partial charge on any atom is -0.350 e. The number of hydrogen-bond acceptors (Lipinski definition) is 5. The molecule has 0 aliphatic carbocycles. The molecule has 1 saturated heterocycles. The molecule has 0 bridgehead atoms. The van der Waals surface area contributed by atoms with E-state index in [1.807, 2.05) is 0 Å². The fourth-order valence-corrected chi connectivity index (χ4v) is 2.44. The Morgan fingerprint density at radius 3 is 2.55 bits per heavy atom.